The summed E-state index contributed by atoms with van der Waals surface area (Å²) in [6, 6.07) is 4.39. The Bertz CT molecular complexity index is 650. The van der Waals surface area contributed by atoms with Crippen molar-refractivity contribution in [2.45, 2.75) is 6.42 Å². The number of carbonyl (C=O) groups excluding carboxylic acids is 3. The SMILES string of the molecule is COCCCNC(=O)C(=O)N/N=C\c1cc(Cl)ccc1OCC(=O)[O-]. The van der Waals surface area contributed by atoms with Crippen molar-refractivity contribution in [3.05, 3.63) is 28.8 Å². The molecule has 2 amide bonds. The van der Waals surface area contributed by atoms with Crippen molar-refractivity contribution in [3.63, 3.8) is 0 Å². The quantitative estimate of drug-likeness (QED) is 0.250. The van der Waals surface area contributed by atoms with E-state index in [0.717, 1.165) is 0 Å². The van der Waals surface area contributed by atoms with Gasteiger partial charge in [-0.05, 0) is 24.6 Å². The summed E-state index contributed by atoms with van der Waals surface area (Å²) in [5.74, 6) is -3.01. The van der Waals surface area contributed by atoms with Crippen LogP contribution in [0.5, 0.6) is 5.75 Å². The number of hydrogen-bond acceptors (Lipinski definition) is 7. The maximum absolute atomic E-state index is 11.6. The van der Waals surface area contributed by atoms with Gasteiger partial charge in [0.2, 0.25) is 0 Å². The second-order valence-corrected chi connectivity index (χ2v) is 5.08. The lowest BCUT2D eigenvalue weighted by Crippen LogP contribution is -2.38. The summed E-state index contributed by atoms with van der Waals surface area (Å²) in [5.41, 5.74) is 2.36. The third-order valence-corrected chi connectivity index (χ3v) is 2.94. The molecule has 0 spiro atoms. The molecule has 0 aliphatic carbocycles. The van der Waals surface area contributed by atoms with Crippen LogP contribution in [0.3, 0.4) is 0 Å². The largest absolute Gasteiger partial charge is 0.546 e. The number of rotatable bonds is 9. The second kappa shape index (κ2) is 11.0. The number of carboxylic acids is 1. The van der Waals surface area contributed by atoms with Gasteiger partial charge in [0.15, 0.2) is 0 Å². The molecule has 10 heteroatoms. The van der Waals surface area contributed by atoms with Gasteiger partial charge in [0.1, 0.15) is 12.4 Å². The fourth-order valence-corrected chi connectivity index (χ4v) is 1.78. The molecule has 1 rings (SSSR count). The van der Waals surface area contributed by atoms with Crippen LogP contribution < -0.4 is 20.6 Å². The van der Waals surface area contributed by atoms with E-state index in [1.165, 1.54) is 31.5 Å². The fourth-order valence-electron chi connectivity index (χ4n) is 1.60. The molecule has 0 aliphatic heterocycles. The van der Waals surface area contributed by atoms with Crippen LogP contribution in [0.25, 0.3) is 0 Å². The van der Waals surface area contributed by atoms with E-state index in [1.54, 1.807) is 0 Å². The molecule has 0 saturated heterocycles. The van der Waals surface area contributed by atoms with Crippen molar-refractivity contribution in [1.82, 2.24) is 10.7 Å². The highest BCUT2D eigenvalue weighted by molar-refractivity contribution is 6.35. The highest BCUT2D eigenvalue weighted by Gasteiger charge is 2.11. The maximum Gasteiger partial charge on any atom is 0.329 e. The molecule has 0 bridgehead atoms. The molecule has 9 nitrogen and oxygen atoms in total. The highest BCUT2D eigenvalue weighted by Crippen LogP contribution is 2.21. The molecule has 0 heterocycles. The third-order valence-electron chi connectivity index (χ3n) is 2.70. The number of hydrogen-bond donors (Lipinski definition) is 2. The first-order valence-electron chi connectivity index (χ1n) is 7.16. The summed E-state index contributed by atoms with van der Waals surface area (Å²) >= 11 is 5.85. The number of halogens is 1. The predicted octanol–water partition coefficient (Wildman–Crippen LogP) is -0.928. The van der Waals surface area contributed by atoms with Gasteiger partial charge in [0.25, 0.3) is 0 Å². The van der Waals surface area contributed by atoms with Crippen molar-refractivity contribution in [1.29, 1.82) is 0 Å². The van der Waals surface area contributed by atoms with Gasteiger partial charge in [-0.25, -0.2) is 5.43 Å². The van der Waals surface area contributed by atoms with E-state index < -0.39 is 24.4 Å². The molecule has 2 N–H and O–H groups in total. The topological polar surface area (TPSA) is 129 Å². The Labute approximate surface area is 148 Å². The standard InChI is InChI=1S/C15H18ClN3O6/c1-24-6-2-5-17-14(22)15(23)19-18-8-10-7-11(16)3-4-12(10)25-9-13(20)21/h3-4,7-8H,2,5-6,9H2,1H3,(H,17,22)(H,19,23)(H,20,21)/p-1/b18-8-. The number of carboxylic acid groups (broad SMARTS) is 1. The Morgan fingerprint density at radius 1 is 1.32 bits per heavy atom. The van der Waals surface area contributed by atoms with E-state index in [4.69, 9.17) is 21.1 Å². The minimum Gasteiger partial charge on any atom is -0.546 e. The van der Waals surface area contributed by atoms with Crippen molar-refractivity contribution >= 4 is 35.6 Å². The lowest BCUT2D eigenvalue weighted by Gasteiger charge is -2.09. The van der Waals surface area contributed by atoms with Gasteiger partial charge in [-0.2, -0.15) is 5.10 Å². The van der Waals surface area contributed by atoms with E-state index in [0.29, 0.717) is 30.2 Å². The fraction of sp³-hybridized carbons (Fsp3) is 0.333. The zero-order valence-electron chi connectivity index (χ0n) is 13.4. The van der Waals surface area contributed by atoms with E-state index in [9.17, 15) is 19.5 Å². The Hall–Kier alpha value is -2.65. The summed E-state index contributed by atoms with van der Waals surface area (Å²) < 4.78 is 9.83. The number of benzene rings is 1. The third kappa shape index (κ3) is 8.13. The van der Waals surface area contributed by atoms with Gasteiger partial charge in [-0.1, -0.05) is 11.6 Å². The number of nitrogens with zero attached hydrogens (tertiary/aromatic N) is 1. The number of nitrogens with one attached hydrogen (secondary N) is 2. The van der Waals surface area contributed by atoms with Crippen LogP contribution in [0.4, 0.5) is 0 Å². The number of aliphatic carboxylic acids is 1. The van der Waals surface area contributed by atoms with Gasteiger partial charge in [0.05, 0.1) is 12.2 Å². The van der Waals surface area contributed by atoms with Crippen LogP contribution in [0.15, 0.2) is 23.3 Å². The molecule has 0 unspecified atom stereocenters. The molecular formula is C15H17ClN3O6-. The molecule has 0 aromatic heterocycles. The lowest BCUT2D eigenvalue weighted by molar-refractivity contribution is -0.307. The van der Waals surface area contributed by atoms with Crippen molar-refractivity contribution in [3.8, 4) is 5.75 Å². The first-order chi connectivity index (χ1) is 11.9. The van der Waals surface area contributed by atoms with Gasteiger partial charge >= 0.3 is 11.8 Å². The zero-order valence-corrected chi connectivity index (χ0v) is 14.2. The van der Waals surface area contributed by atoms with E-state index in [-0.39, 0.29) is 5.75 Å². The van der Waals surface area contributed by atoms with Crippen molar-refractivity contribution < 1.29 is 29.0 Å². The molecule has 1 aromatic carbocycles. The number of methoxy groups -OCH3 is 1. The summed E-state index contributed by atoms with van der Waals surface area (Å²) in [6.45, 7) is 0.0987. The summed E-state index contributed by atoms with van der Waals surface area (Å²) in [4.78, 5) is 33.5. The molecule has 0 fully saturated rings. The smallest absolute Gasteiger partial charge is 0.329 e. The molecule has 136 valence electrons. The van der Waals surface area contributed by atoms with Crippen LogP contribution in [0.1, 0.15) is 12.0 Å². The normalized spacial score (nSPS) is 10.5. The summed E-state index contributed by atoms with van der Waals surface area (Å²) in [6.07, 6.45) is 1.74. The number of ether oxygens (including phenoxy) is 2. The maximum atomic E-state index is 11.6. The van der Waals surface area contributed by atoms with Crippen LogP contribution in [0.2, 0.25) is 5.02 Å². The lowest BCUT2D eigenvalue weighted by atomic mass is 10.2. The average Bonchev–Trinajstić information content (AvgIpc) is 2.57. The van der Waals surface area contributed by atoms with Crippen molar-refractivity contribution in [2.24, 2.45) is 5.10 Å². The molecule has 0 saturated carbocycles. The molecule has 25 heavy (non-hydrogen) atoms. The monoisotopic (exact) mass is 370 g/mol. The van der Waals surface area contributed by atoms with Gasteiger partial charge < -0.3 is 24.7 Å². The second-order valence-electron chi connectivity index (χ2n) is 4.64. The van der Waals surface area contributed by atoms with Crippen LogP contribution >= 0.6 is 11.6 Å². The Balaban J connectivity index is 2.59. The Kier molecular flexibility index (Phi) is 8.97. The summed E-state index contributed by atoms with van der Waals surface area (Å²) in [5, 5.41) is 16.8. The Morgan fingerprint density at radius 3 is 2.76 bits per heavy atom. The molecule has 0 aliphatic rings. The number of carbonyl (C=O) groups is 3. The number of hydrazone groups is 1. The average molecular weight is 371 g/mol. The molecular weight excluding hydrogens is 354 g/mol. The van der Waals surface area contributed by atoms with E-state index in [2.05, 4.69) is 10.4 Å². The Morgan fingerprint density at radius 2 is 2.08 bits per heavy atom. The van der Waals surface area contributed by atoms with Crippen LogP contribution in [0, 0.1) is 0 Å². The van der Waals surface area contributed by atoms with Crippen molar-refractivity contribution in [2.75, 3.05) is 26.9 Å². The van der Waals surface area contributed by atoms with Gasteiger partial charge in [-0.15, -0.1) is 0 Å². The minimum absolute atomic E-state index is 0.176. The first kappa shape index (κ1) is 20.4. The summed E-state index contributed by atoms with van der Waals surface area (Å²) in [7, 11) is 1.53. The number of amides is 2. The molecule has 0 radical (unpaired) electrons. The van der Waals surface area contributed by atoms with Gasteiger partial charge in [0, 0.05) is 30.8 Å². The van der Waals surface area contributed by atoms with E-state index >= 15 is 0 Å². The first-order valence-corrected chi connectivity index (χ1v) is 7.54. The minimum atomic E-state index is -1.39. The van der Waals surface area contributed by atoms with E-state index in [1.807, 2.05) is 5.43 Å². The molecule has 1 aromatic rings. The van der Waals surface area contributed by atoms with Crippen LogP contribution in [-0.2, 0) is 19.1 Å². The van der Waals surface area contributed by atoms with Crippen LogP contribution in [-0.4, -0.2) is 50.9 Å². The predicted molar refractivity (Wildman–Crippen MR) is 87.2 cm³/mol. The molecule has 0 atom stereocenters. The highest BCUT2D eigenvalue weighted by atomic mass is 35.5. The van der Waals surface area contributed by atoms with Gasteiger partial charge in [-0.3, -0.25) is 9.59 Å². The zero-order chi connectivity index (χ0) is 18.7.